The molecular formula is C10H8F3NO3S. The molecule has 0 spiro atoms. The summed E-state index contributed by atoms with van der Waals surface area (Å²) in [7, 11) is -5.63. The molecule has 0 unspecified atom stereocenters. The quantitative estimate of drug-likeness (QED) is 0.679. The zero-order valence-electron chi connectivity index (χ0n) is 9.08. The van der Waals surface area contributed by atoms with Crippen LogP contribution in [0.4, 0.5) is 13.2 Å². The molecule has 0 atom stereocenters. The molecule has 8 heteroatoms. The molecule has 0 fully saturated rings. The Morgan fingerprint density at radius 3 is 2.56 bits per heavy atom. The van der Waals surface area contributed by atoms with Crippen molar-refractivity contribution in [2.45, 2.75) is 12.4 Å². The molecule has 2 rings (SSSR count). The van der Waals surface area contributed by atoms with Crippen molar-refractivity contribution in [3.63, 3.8) is 0 Å². The van der Waals surface area contributed by atoms with Crippen molar-refractivity contribution >= 4 is 21.0 Å². The monoisotopic (exact) mass is 279 g/mol. The highest BCUT2D eigenvalue weighted by Crippen LogP contribution is 2.30. The lowest BCUT2D eigenvalue weighted by molar-refractivity contribution is -0.0500. The number of nitrogens with one attached hydrogen (secondary N) is 1. The van der Waals surface area contributed by atoms with Crippen LogP contribution in [-0.2, 0) is 10.1 Å². The van der Waals surface area contributed by atoms with Crippen molar-refractivity contribution in [1.82, 2.24) is 4.98 Å². The Kier molecular flexibility index (Phi) is 2.77. The molecule has 0 saturated carbocycles. The Labute approximate surface area is 100 Å². The van der Waals surface area contributed by atoms with Crippen LogP contribution in [0.5, 0.6) is 5.75 Å². The Morgan fingerprint density at radius 1 is 1.28 bits per heavy atom. The van der Waals surface area contributed by atoms with E-state index in [0.717, 1.165) is 0 Å². The van der Waals surface area contributed by atoms with Crippen molar-refractivity contribution < 1.29 is 25.8 Å². The predicted octanol–water partition coefficient (Wildman–Crippen LogP) is 2.70. The fraction of sp³-hybridized carbons (Fsp3) is 0.200. The Balaban J connectivity index is 2.45. The number of alkyl halides is 3. The number of benzene rings is 1. The first-order valence-electron chi connectivity index (χ1n) is 4.79. The topological polar surface area (TPSA) is 59.2 Å². The van der Waals surface area contributed by atoms with Gasteiger partial charge in [-0.1, -0.05) is 0 Å². The summed E-state index contributed by atoms with van der Waals surface area (Å²) in [5.74, 6) is -0.364. The van der Waals surface area contributed by atoms with Crippen molar-refractivity contribution in [3.05, 3.63) is 30.0 Å². The molecule has 98 valence electrons. The van der Waals surface area contributed by atoms with Gasteiger partial charge in [0.2, 0.25) is 0 Å². The van der Waals surface area contributed by atoms with E-state index < -0.39 is 15.6 Å². The second-order valence-corrected chi connectivity index (χ2v) is 5.20. The van der Waals surface area contributed by atoms with Crippen molar-refractivity contribution in [2.75, 3.05) is 0 Å². The van der Waals surface area contributed by atoms with Crippen LogP contribution in [0.1, 0.15) is 5.56 Å². The van der Waals surface area contributed by atoms with Crippen LogP contribution < -0.4 is 4.18 Å². The smallest absolute Gasteiger partial charge is 0.376 e. The summed E-state index contributed by atoms with van der Waals surface area (Å²) in [5, 5.41) is 0.572. The number of H-pyrrole nitrogens is 1. The van der Waals surface area contributed by atoms with E-state index in [2.05, 4.69) is 9.17 Å². The minimum atomic E-state index is -5.63. The minimum absolute atomic E-state index is 0.364. The minimum Gasteiger partial charge on any atom is -0.376 e. The van der Waals surface area contributed by atoms with E-state index in [1.807, 2.05) is 0 Å². The van der Waals surface area contributed by atoms with Crippen molar-refractivity contribution in [3.8, 4) is 5.75 Å². The van der Waals surface area contributed by atoms with Gasteiger partial charge in [0.15, 0.2) is 0 Å². The highest BCUT2D eigenvalue weighted by molar-refractivity contribution is 7.88. The lowest BCUT2D eigenvalue weighted by atomic mass is 10.1. The SMILES string of the molecule is Cc1cc(OS(=O)(=O)C(F)(F)F)cc2cc[nH]c12. The second kappa shape index (κ2) is 3.91. The van der Waals surface area contributed by atoms with E-state index in [9.17, 15) is 21.6 Å². The van der Waals surface area contributed by atoms with Crippen molar-refractivity contribution in [1.29, 1.82) is 0 Å². The number of rotatable bonds is 2. The molecule has 1 aromatic carbocycles. The fourth-order valence-corrected chi connectivity index (χ4v) is 1.99. The van der Waals surface area contributed by atoms with Gasteiger partial charge in [-0.25, -0.2) is 0 Å². The van der Waals surface area contributed by atoms with Gasteiger partial charge in [-0.3, -0.25) is 0 Å². The third-order valence-corrected chi connectivity index (χ3v) is 3.30. The van der Waals surface area contributed by atoms with Crippen LogP contribution in [-0.4, -0.2) is 18.9 Å². The molecule has 0 bridgehead atoms. The van der Waals surface area contributed by atoms with Gasteiger partial charge in [0.1, 0.15) is 5.75 Å². The predicted molar refractivity (Wildman–Crippen MR) is 58.6 cm³/mol. The van der Waals surface area contributed by atoms with E-state index in [1.54, 1.807) is 19.2 Å². The van der Waals surface area contributed by atoms with Crippen LogP contribution in [0.3, 0.4) is 0 Å². The first-order chi connectivity index (χ1) is 8.21. The van der Waals surface area contributed by atoms with Crippen LogP contribution in [0.2, 0.25) is 0 Å². The number of aromatic amines is 1. The molecule has 0 aliphatic carbocycles. The maximum atomic E-state index is 12.2. The van der Waals surface area contributed by atoms with Gasteiger partial charge in [-0.2, -0.15) is 21.6 Å². The first kappa shape index (κ1) is 12.7. The van der Waals surface area contributed by atoms with Gasteiger partial charge >= 0.3 is 15.6 Å². The number of hydrogen-bond donors (Lipinski definition) is 1. The zero-order chi connectivity index (χ0) is 13.6. The van der Waals surface area contributed by atoms with Gasteiger partial charge < -0.3 is 9.17 Å². The summed E-state index contributed by atoms with van der Waals surface area (Å²) in [4.78, 5) is 2.88. The Hall–Kier alpha value is -1.70. The number of fused-ring (bicyclic) bond motifs is 1. The largest absolute Gasteiger partial charge is 0.534 e. The Morgan fingerprint density at radius 2 is 1.94 bits per heavy atom. The van der Waals surface area contributed by atoms with Gasteiger partial charge in [0, 0.05) is 17.1 Å². The molecule has 18 heavy (non-hydrogen) atoms. The molecule has 0 aliphatic rings. The van der Waals surface area contributed by atoms with Crippen LogP contribution >= 0.6 is 0 Å². The van der Waals surface area contributed by atoms with E-state index >= 15 is 0 Å². The highest BCUT2D eigenvalue weighted by atomic mass is 32.2. The molecule has 1 N–H and O–H groups in total. The standard InChI is InChI=1S/C10H8F3NO3S/c1-6-4-8(5-7-2-3-14-9(6)7)17-18(15,16)10(11,12)13/h2-5,14H,1H3. The summed E-state index contributed by atoms with van der Waals surface area (Å²) in [6.07, 6.45) is 1.60. The third-order valence-electron chi connectivity index (χ3n) is 2.32. The molecule has 2 aromatic rings. The third kappa shape index (κ3) is 2.15. The maximum absolute atomic E-state index is 12.2. The summed E-state index contributed by atoms with van der Waals surface area (Å²) in [6.45, 7) is 1.63. The van der Waals surface area contributed by atoms with E-state index in [4.69, 9.17) is 0 Å². The summed E-state index contributed by atoms with van der Waals surface area (Å²) >= 11 is 0. The molecule has 4 nitrogen and oxygen atoms in total. The molecule has 1 heterocycles. The fourth-order valence-electron chi connectivity index (χ4n) is 1.55. The summed E-state index contributed by atoms with van der Waals surface area (Å²) in [5.41, 5.74) is -4.13. The number of halogens is 3. The van der Waals surface area contributed by atoms with E-state index in [-0.39, 0.29) is 5.75 Å². The lowest BCUT2D eigenvalue weighted by Gasteiger charge is -2.10. The first-order valence-corrected chi connectivity index (χ1v) is 6.20. The van der Waals surface area contributed by atoms with Gasteiger partial charge in [0.25, 0.3) is 0 Å². The maximum Gasteiger partial charge on any atom is 0.534 e. The van der Waals surface area contributed by atoms with Gasteiger partial charge in [-0.15, -0.1) is 0 Å². The second-order valence-electron chi connectivity index (χ2n) is 3.67. The summed E-state index contributed by atoms with van der Waals surface area (Å²) < 4.78 is 62.2. The normalized spacial score (nSPS) is 12.9. The number of aromatic nitrogens is 1. The van der Waals surface area contributed by atoms with Gasteiger partial charge in [0.05, 0.1) is 0 Å². The highest BCUT2D eigenvalue weighted by Gasteiger charge is 2.48. The molecular weight excluding hydrogens is 271 g/mol. The van der Waals surface area contributed by atoms with E-state index in [0.29, 0.717) is 16.5 Å². The molecule has 0 amide bonds. The summed E-state index contributed by atoms with van der Waals surface area (Å²) in [6, 6.07) is 4.06. The zero-order valence-corrected chi connectivity index (χ0v) is 9.89. The molecule has 0 aliphatic heterocycles. The van der Waals surface area contributed by atoms with Crippen molar-refractivity contribution in [2.24, 2.45) is 0 Å². The van der Waals surface area contributed by atoms with Gasteiger partial charge in [-0.05, 0) is 30.7 Å². The molecule has 0 radical (unpaired) electrons. The number of hydrogen-bond acceptors (Lipinski definition) is 3. The van der Waals surface area contributed by atoms with Crippen LogP contribution in [0.25, 0.3) is 10.9 Å². The average molecular weight is 279 g/mol. The van der Waals surface area contributed by atoms with Crippen LogP contribution in [0, 0.1) is 6.92 Å². The molecule has 0 saturated heterocycles. The molecule has 1 aromatic heterocycles. The van der Waals surface area contributed by atoms with E-state index in [1.165, 1.54) is 12.1 Å². The lowest BCUT2D eigenvalue weighted by Crippen LogP contribution is -2.28. The Bertz CT molecular complexity index is 688. The van der Waals surface area contributed by atoms with Crippen LogP contribution in [0.15, 0.2) is 24.4 Å². The number of aryl methyl sites for hydroxylation is 1. The average Bonchev–Trinajstić information content (AvgIpc) is 2.63.